The number of carbonyl (C=O) groups is 1. The number of carbonyl (C=O) groups excluding carboxylic acids is 1. The van der Waals surface area contributed by atoms with E-state index in [-0.39, 0.29) is 0 Å². The average Bonchev–Trinajstić information content (AvgIpc) is 2.99. The average molecular weight is 255 g/mol. The number of benzene rings is 1. The number of hydrogen-bond acceptors (Lipinski definition) is 2. The van der Waals surface area contributed by atoms with Crippen LogP contribution in [0, 0.1) is 5.92 Å². The molecule has 2 heteroatoms. The molecule has 0 spiro atoms. The lowest BCUT2D eigenvalue weighted by Gasteiger charge is -2.29. The number of anilines is 1. The molecule has 2 fully saturated rings. The molecule has 2 aliphatic carbocycles. The third-order valence-electron chi connectivity index (χ3n) is 4.65. The number of fused-ring (bicyclic) bond motifs is 2. The molecule has 0 amide bonds. The maximum atomic E-state index is 10.3. The summed E-state index contributed by atoms with van der Waals surface area (Å²) in [6.07, 6.45) is 11.9. The fraction of sp³-hybridized carbons (Fsp3) is 0.471. The van der Waals surface area contributed by atoms with Crippen LogP contribution in [0.1, 0.15) is 37.7 Å². The Balaban J connectivity index is 1.69. The predicted octanol–water partition coefficient (Wildman–Crippen LogP) is 3.73. The second-order valence-corrected chi connectivity index (χ2v) is 6.02. The maximum Gasteiger partial charge on any atom is 0.142 e. The monoisotopic (exact) mass is 255 g/mol. The van der Waals surface area contributed by atoms with Crippen LogP contribution < -0.4 is 5.32 Å². The van der Waals surface area contributed by atoms with Crippen LogP contribution in [0.3, 0.4) is 0 Å². The minimum Gasteiger partial charge on any atom is -0.380 e. The molecule has 0 atom stereocenters. The summed E-state index contributed by atoms with van der Waals surface area (Å²) in [5.41, 5.74) is 2.87. The van der Waals surface area contributed by atoms with Crippen LogP contribution in [0.15, 0.2) is 36.4 Å². The van der Waals surface area contributed by atoms with Crippen molar-refractivity contribution in [3.05, 3.63) is 42.0 Å². The Kier molecular flexibility index (Phi) is 3.41. The zero-order chi connectivity index (χ0) is 13.1. The van der Waals surface area contributed by atoms with Gasteiger partial charge < -0.3 is 5.32 Å². The van der Waals surface area contributed by atoms with E-state index in [4.69, 9.17) is 0 Å². The van der Waals surface area contributed by atoms with E-state index in [9.17, 15) is 4.79 Å². The summed E-state index contributed by atoms with van der Waals surface area (Å²) < 4.78 is 0. The summed E-state index contributed by atoms with van der Waals surface area (Å²) in [4.78, 5) is 10.3. The van der Waals surface area contributed by atoms with Crippen LogP contribution >= 0.6 is 0 Å². The Hall–Kier alpha value is -1.57. The van der Waals surface area contributed by atoms with Crippen LogP contribution in [0.25, 0.3) is 0 Å². The first kappa shape index (κ1) is 12.5. The second kappa shape index (κ2) is 5.20. The molecule has 3 rings (SSSR count). The molecule has 2 saturated carbocycles. The van der Waals surface area contributed by atoms with Gasteiger partial charge in [-0.2, -0.15) is 0 Å². The SMILES string of the molecule is O=CC=CCc1cccc(NC23CCC(CC2)C3)c1. The highest BCUT2D eigenvalue weighted by molar-refractivity contribution is 5.64. The largest absolute Gasteiger partial charge is 0.380 e. The van der Waals surface area contributed by atoms with Crippen LogP contribution in [0.5, 0.6) is 0 Å². The number of hydrogen-bond donors (Lipinski definition) is 1. The third kappa shape index (κ3) is 2.73. The molecule has 0 radical (unpaired) electrons. The van der Waals surface area contributed by atoms with Crippen molar-refractivity contribution in [3.63, 3.8) is 0 Å². The fourth-order valence-electron chi connectivity index (χ4n) is 3.71. The van der Waals surface area contributed by atoms with Gasteiger partial charge >= 0.3 is 0 Å². The van der Waals surface area contributed by atoms with Crippen LogP contribution in [-0.4, -0.2) is 11.8 Å². The van der Waals surface area contributed by atoms with E-state index in [0.29, 0.717) is 5.54 Å². The molecule has 2 nitrogen and oxygen atoms in total. The Morgan fingerprint density at radius 1 is 1.32 bits per heavy atom. The number of nitrogens with one attached hydrogen (secondary N) is 1. The second-order valence-electron chi connectivity index (χ2n) is 6.02. The van der Waals surface area contributed by atoms with Crippen LogP contribution in [0.2, 0.25) is 0 Å². The van der Waals surface area contributed by atoms with Crippen molar-refractivity contribution in [2.75, 3.05) is 5.32 Å². The maximum absolute atomic E-state index is 10.3. The van der Waals surface area contributed by atoms with Crippen LogP contribution in [-0.2, 0) is 11.2 Å². The van der Waals surface area contributed by atoms with Crippen molar-refractivity contribution in [3.8, 4) is 0 Å². The molecule has 19 heavy (non-hydrogen) atoms. The van der Waals surface area contributed by atoms with Crippen molar-refractivity contribution in [1.82, 2.24) is 0 Å². The summed E-state index contributed by atoms with van der Waals surface area (Å²) in [5.74, 6) is 0.964. The van der Waals surface area contributed by atoms with Gasteiger partial charge in [0.2, 0.25) is 0 Å². The van der Waals surface area contributed by atoms with E-state index in [1.807, 2.05) is 6.08 Å². The Morgan fingerprint density at radius 3 is 2.84 bits per heavy atom. The van der Waals surface area contributed by atoms with Gasteiger partial charge in [0, 0.05) is 11.2 Å². The van der Waals surface area contributed by atoms with Gasteiger partial charge in [0.15, 0.2) is 0 Å². The van der Waals surface area contributed by atoms with Gasteiger partial charge in [-0.3, -0.25) is 4.79 Å². The highest BCUT2D eigenvalue weighted by atomic mass is 16.1. The molecule has 2 bridgehead atoms. The van der Waals surface area contributed by atoms with Gasteiger partial charge in [-0.25, -0.2) is 0 Å². The Labute approximate surface area is 114 Å². The zero-order valence-electron chi connectivity index (χ0n) is 11.3. The lowest BCUT2D eigenvalue weighted by atomic mass is 9.93. The first-order valence-corrected chi connectivity index (χ1v) is 7.27. The minimum atomic E-state index is 0.377. The molecule has 0 saturated heterocycles. The number of aldehydes is 1. The van der Waals surface area contributed by atoms with E-state index in [1.54, 1.807) is 6.08 Å². The summed E-state index contributed by atoms with van der Waals surface area (Å²) in [7, 11) is 0. The van der Waals surface area contributed by atoms with Crippen molar-refractivity contribution in [2.24, 2.45) is 5.92 Å². The van der Waals surface area contributed by atoms with E-state index >= 15 is 0 Å². The van der Waals surface area contributed by atoms with E-state index in [2.05, 4.69) is 29.6 Å². The van der Waals surface area contributed by atoms with Crippen molar-refractivity contribution in [2.45, 2.75) is 44.1 Å². The molecule has 0 heterocycles. The van der Waals surface area contributed by atoms with Gasteiger partial charge in [0.25, 0.3) is 0 Å². The minimum absolute atomic E-state index is 0.377. The van der Waals surface area contributed by atoms with Crippen LogP contribution in [0.4, 0.5) is 5.69 Å². The lowest BCUT2D eigenvalue weighted by molar-refractivity contribution is -0.104. The quantitative estimate of drug-likeness (QED) is 0.641. The summed E-state index contributed by atoms with van der Waals surface area (Å²) in [5, 5.41) is 3.78. The molecular weight excluding hydrogens is 234 g/mol. The van der Waals surface area contributed by atoms with E-state index in [0.717, 1.165) is 18.6 Å². The summed E-state index contributed by atoms with van der Waals surface area (Å²) in [6.45, 7) is 0. The normalized spacial score (nSPS) is 28.9. The predicted molar refractivity (Wildman–Crippen MR) is 78.3 cm³/mol. The lowest BCUT2D eigenvalue weighted by Crippen LogP contribution is -2.32. The first-order chi connectivity index (χ1) is 9.30. The topological polar surface area (TPSA) is 29.1 Å². The van der Waals surface area contributed by atoms with E-state index < -0.39 is 0 Å². The van der Waals surface area contributed by atoms with Crippen molar-refractivity contribution < 1.29 is 4.79 Å². The molecule has 0 aliphatic heterocycles. The van der Waals surface area contributed by atoms with Gasteiger partial charge in [-0.15, -0.1) is 0 Å². The highest BCUT2D eigenvalue weighted by Gasteiger charge is 2.44. The molecule has 0 aromatic heterocycles. The van der Waals surface area contributed by atoms with Crippen molar-refractivity contribution in [1.29, 1.82) is 0 Å². The summed E-state index contributed by atoms with van der Waals surface area (Å²) in [6, 6.07) is 8.59. The smallest absolute Gasteiger partial charge is 0.142 e. The third-order valence-corrected chi connectivity index (χ3v) is 4.65. The summed E-state index contributed by atoms with van der Waals surface area (Å²) >= 11 is 0. The standard InChI is InChI=1S/C17H21NO/c19-11-2-1-4-14-5-3-6-16(12-14)18-17-9-7-15(13-17)8-10-17/h1-3,5-6,11-12,15,18H,4,7-10,13H2. The van der Waals surface area contributed by atoms with Crippen molar-refractivity contribution >= 4 is 12.0 Å². The highest BCUT2D eigenvalue weighted by Crippen LogP contribution is 2.49. The molecule has 2 aliphatic rings. The van der Waals surface area contributed by atoms with Gasteiger partial charge in [0.05, 0.1) is 0 Å². The molecule has 1 aromatic carbocycles. The Morgan fingerprint density at radius 2 is 2.16 bits per heavy atom. The fourth-order valence-corrected chi connectivity index (χ4v) is 3.71. The molecule has 1 aromatic rings. The van der Waals surface area contributed by atoms with Gasteiger partial charge in [-0.1, -0.05) is 18.2 Å². The van der Waals surface area contributed by atoms with Gasteiger partial charge in [-0.05, 0) is 68.2 Å². The number of allylic oxidation sites excluding steroid dienone is 2. The Bertz CT molecular complexity index is 484. The zero-order valence-corrected chi connectivity index (χ0v) is 11.3. The molecular formula is C17H21NO. The van der Waals surface area contributed by atoms with Gasteiger partial charge in [0.1, 0.15) is 6.29 Å². The molecule has 0 unspecified atom stereocenters. The first-order valence-electron chi connectivity index (χ1n) is 7.27. The molecule has 1 N–H and O–H groups in total. The number of rotatable bonds is 5. The van der Waals surface area contributed by atoms with E-state index in [1.165, 1.54) is 43.4 Å². The molecule has 100 valence electrons.